The fraction of sp³-hybridized carbons (Fsp3) is 0.562. The van der Waals surface area contributed by atoms with E-state index in [9.17, 15) is 18.7 Å². The van der Waals surface area contributed by atoms with Gasteiger partial charge in [0.15, 0.2) is 0 Å². The molecule has 4 nitrogen and oxygen atoms in total. The van der Waals surface area contributed by atoms with Gasteiger partial charge < -0.3 is 15.2 Å². The summed E-state index contributed by atoms with van der Waals surface area (Å²) >= 11 is 0. The summed E-state index contributed by atoms with van der Waals surface area (Å²) in [7, 11) is 1.46. The molecule has 2 rings (SSSR count). The lowest BCUT2D eigenvalue weighted by Gasteiger charge is -2.29. The van der Waals surface area contributed by atoms with Crippen LogP contribution in [0.15, 0.2) is 18.2 Å². The third-order valence-corrected chi connectivity index (χ3v) is 4.20. The number of carbonyl (C=O) groups excluding carboxylic acids is 1. The van der Waals surface area contributed by atoms with Crippen LogP contribution < -0.4 is 5.32 Å². The van der Waals surface area contributed by atoms with Gasteiger partial charge in [-0.05, 0) is 18.9 Å². The predicted molar refractivity (Wildman–Crippen MR) is 77.4 cm³/mol. The number of nitrogens with one attached hydrogen (secondary N) is 1. The van der Waals surface area contributed by atoms with Crippen molar-refractivity contribution in [2.45, 2.75) is 37.2 Å². The maximum atomic E-state index is 14.1. The van der Waals surface area contributed by atoms with Crippen LogP contribution in [0.25, 0.3) is 0 Å². The molecule has 0 saturated heterocycles. The maximum absolute atomic E-state index is 14.1. The SMILES string of the molecule is COCC(O)CNC(=O)C1(c2ccc(F)cc2F)CCCC1. The number of carbonyl (C=O) groups is 1. The van der Waals surface area contributed by atoms with Gasteiger partial charge in [-0.1, -0.05) is 18.9 Å². The minimum atomic E-state index is -0.982. The van der Waals surface area contributed by atoms with Crippen molar-refractivity contribution in [3.05, 3.63) is 35.4 Å². The molecule has 0 aromatic heterocycles. The van der Waals surface area contributed by atoms with E-state index in [0.29, 0.717) is 12.8 Å². The average Bonchev–Trinajstić information content (AvgIpc) is 2.95. The summed E-state index contributed by atoms with van der Waals surface area (Å²) in [6.07, 6.45) is 1.84. The molecule has 0 spiro atoms. The Labute approximate surface area is 128 Å². The van der Waals surface area contributed by atoms with E-state index in [1.54, 1.807) is 0 Å². The Hall–Kier alpha value is -1.53. The number of methoxy groups -OCH3 is 1. The van der Waals surface area contributed by atoms with Crippen molar-refractivity contribution >= 4 is 5.91 Å². The van der Waals surface area contributed by atoms with Crippen molar-refractivity contribution in [1.82, 2.24) is 5.32 Å². The molecule has 0 aliphatic heterocycles. The van der Waals surface area contributed by atoms with Gasteiger partial charge in [-0.2, -0.15) is 0 Å². The van der Waals surface area contributed by atoms with E-state index in [-0.39, 0.29) is 24.6 Å². The molecule has 1 aromatic rings. The molecule has 1 saturated carbocycles. The van der Waals surface area contributed by atoms with Crippen molar-refractivity contribution in [2.24, 2.45) is 0 Å². The molecule has 1 aliphatic rings. The Bertz CT molecular complexity index is 530. The van der Waals surface area contributed by atoms with Gasteiger partial charge >= 0.3 is 0 Å². The number of benzene rings is 1. The van der Waals surface area contributed by atoms with Crippen LogP contribution in [0.3, 0.4) is 0 Å². The number of rotatable bonds is 6. The smallest absolute Gasteiger partial charge is 0.230 e. The van der Waals surface area contributed by atoms with Gasteiger partial charge in [0.2, 0.25) is 5.91 Å². The highest BCUT2D eigenvalue weighted by Crippen LogP contribution is 2.42. The number of amides is 1. The van der Waals surface area contributed by atoms with E-state index in [1.807, 2.05) is 0 Å². The Kier molecular flexibility index (Phi) is 5.47. The van der Waals surface area contributed by atoms with Crippen LogP contribution >= 0.6 is 0 Å². The van der Waals surface area contributed by atoms with Crippen LogP contribution in [-0.4, -0.2) is 37.4 Å². The number of hydrogen-bond donors (Lipinski definition) is 2. The highest BCUT2D eigenvalue weighted by atomic mass is 19.1. The van der Waals surface area contributed by atoms with Crippen molar-refractivity contribution in [3.63, 3.8) is 0 Å². The highest BCUT2D eigenvalue weighted by molar-refractivity contribution is 5.88. The maximum Gasteiger partial charge on any atom is 0.230 e. The van der Waals surface area contributed by atoms with Gasteiger partial charge in [0.1, 0.15) is 11.6 Å². The topological polar surface area (TPSA) is 58.6 Å². The molecule has 0 bridgehead atoms. The first kappa shape index (κ1) is 16.8. The quantitative estimate of drug-likeness (QED) is 0.843. The number of ether oxygens (including phenoxy) is 1. The van der Waals surface area contributed by atoms with Gasteiger partial charge in [0, 0.05) is 25.3 Å². The molecule has 6 heteroatoms. The summed E-state index contributed by atoms with van der Waals surface area (Å²) in [5.74, 6) is -1.69. The van der Waals surface area contributed by atoms with E-state index >= 15 is 0 Å². The molecule has 1 aromatic carbocycles. The fourth-order valence-corrected chi connectivity index (χ4v) is 3.11. The molecule has 22 heavy (non-hydrogen) atoms. The number of hydrogen-bond acceptors (Lipinski definition) is 3. The molecule has 1 unspecified atom stereocenters. The summed E-state index contributed by atoms with van der Waals surface area (Å²) in [4.78, 5) is 12.6. The Morgan fingerprint density at radius 1 is 1.41 bits per heavy atom. The van der Waals surface area contributed by atoms with E-state index in [0.717, 1.165) is 18.9 Å². The Balaban J connectivity index is 2.19. The minimum absolute atomic E-state index is 0.0389. The molecular formula is C16H21F2NO3. The van der Waals surface area contributed by atoms with Gasteiger partial charge in [-0.3, -0.25) is 4.79 Å². The zero-order valence-electron chi connectivity index (χ0n) is 12.6. The largest absolute Gasteiger partial charge is 0.389 e. The van der Waals surface area contributed by atoms with Crippen molar-refractivity contribution in [2.75, 3.05) is 20.3 Å². The second-order valence-electron chi connectivity index (χ2n) is 5.73. The second-order valence-corrected chi connectivity index (χ2v) is 5.73. The lowest BCUT2D eigenvalue weighted by molar-refractivity contribution is -0.127. The van der Waals surface area contributed by atoms with Gasteiger partial charge in [0.05, 0.1) is 18.1 Å². The van der Waals surface area contributed by atoms with Gasteiger partial charge in [0.25, 0.3) is 0 Å². The minimum Gasteiger partial charge on any atom is -0.389 e. The summed E-state index contributed by atoms with van der Waals surface area (Å²) in [5, 5.41) is 12.3. The van der Waals surface area contributed by atoms with Gasteiger partial charge in [-0.25, -0.2) is 8.78 Å². The highest BCUT2D eigenvalue weighted by Gasteiger charge is 2.44. The van der Waals surface area contributed by atoms with E-state index < -0.39 is 23.2 Å². The fourth-order valence-electron chi connectivity index (χ4n) is 3.11. The molecule has 1 amide bonds. The van der Waals surface area contributed by atoms with E-state index in [4.69, 9.17) is 4.74 Å². The molecule has 1 fully saturated rings. The van der Waals surface area contributed by atoms with Crippen molar-refractivity contribution in [3.8, 4) is 0 Å². The summed E-state index contributed by atoms with van der Waals surface area (Å²) in [6, 6.07) is 3.33. The summed E-state index contributed by atoms with van der Waals surface area (Å²) < 4.78 is 32.0. The Morgan fingerprint density at radius 2 is 2.09 bits per heavy atom. The van der Waals surface area contributed by atoms with Crippen LogP contribution in [0.5, 0.6) is 0 Å². The van der Waals surface area contributed by atoms with Crippen molar-refractivity contribution < 1.29 is 23.4 Å². The first-order chi connectivity index (χ1) is 10.5. The van der Waals surface area contributed by atoms with Crippen LogP contribution in [0.2, 0.25) is 0 Å². The molecule has 0 radical (unpaired) electrons. The summed E-state index contributed by atoms with van der Waals surface area (Å²) in [6.45, 7) is 0.148. The Morgan fingerprint density at radius 3 is 2.68 bits per heavy atom. The van der Waals surface area contributed by atoms with Crippen LogP contribution in [0, 0.1) is 11.6 Å². The molecular weight excluding hydrogens is 292 g/mol. The summed E-state index contributed by atoms with van der Waals surface area (Å²) in [5.41, 5.74) is -0.755. The number of aliphatic hydroxyl groups is 1. The first-order valence-corrected chi connectivity index (χ1v) is 7.40. The van der Waals surface area contributed by atoms with Crippen LogP contribution in [0.4, 0.5) is 8.78 Å². The lowest BCUT2D eigenvalue weighted by Crippen LogP contribution is -2.46. The zero-order valence-corrected chi connectivity index (χ0v) is 12.6. The van der Waals surface area contributed by atoms with Crippen LogP contribution in [0.1, 0.15) is 31.2 Å². The third-order valence-electron chi connectivity index (χ3n) is 4.20. The zero-order chi connectivity index (χ0) is 16.2. The third kappa shape index (κ3) is 3.44. The monoisotopic (exact) mass is 313 g/mol. The average molecular weight is 313 g/mol. The van der Waals surface area contributed by atoms with Crippen LogP contribution in [-0.2, 0) is 14.9 Å². The second kappa shape index (κ2) is 7.15. The van der Waals surface area contributed by atoms with E-state index in [1.165, 1.54) is 19.2 Å². The molecule has 1 aliphatic carbocycles. The number of aliphatic hydroxyl groups excluding tert-OH is 1. The van der Waals surface area contributed by atoms with Gasteiger partial charge in [-0.15, -0.1) is 0 Å². The molecule has 1 atom stereocenters. The standard InChI is InChI=1S/C16H21F2NO3/c1-22-10-12(20)9-19-15(21)16(6-2-3-7-16)13-5-4-11(17)8-14(13)18/h4-5,8,12,20H,2-3,6-7,9-10H2,1H3,(H,19,21). The lowest BCUT2D eigenvalue weighted by atomic mass is 9.77. The molecule has 2 N–H and O–H groups in total. The molecule has 122 valence electrons. The predicted octanol–water partition coefficient (Wildman–Crippen LogP) is 1.90. The number of halogens is 2. The molecule has 0 heterocycles. The normalized spacial score (nSPS) is 18.2. The first-order valence-electron chi connectivity index (χ1n) is 7.40. The van der Waals surface area contributed by atoms with Crippen molar-refractivity contribution in [1.29, 1.82) is 0 Å². The van der Waals surface area contributed by atoms with E-state index in [2.05, 4.69) is 5.32 Å².